The lowest BCUT2D eigenvalue weighted by atomic mass is 9.79. The Morgan fingerprint density at radius 1 is 1.33 bits per heavy atom. The number of halogens is 1. The van der Waals surface area contributed by atoms with Gasteiger partial charge in [-0.25, -0.2) is 0 Å². The number of carbonyl (C=O) groups excluding carboxylic acids is 1. The average Bonchev–Trinajstić information content (AvgIpc) is 2.60. The maximum absolute atomic E-state index is 12.3. The van der Waals surface area contributed by atoms with Gasteiger partial charge >= 0.3 is 0 Å². The lowest BCUT2D eigenvalue weighted by molar-refractivity contribution is 0.0189. The minimum absolute atomic E-state index is 0.149. The highest BCUT2D eigenvalue weighted by atomic mass is 35.5. The number of hydrogen-bond donors (Lipinski definition) is 2. The van der Waals surface area contributed by atoms with Gasteiger partial charge in [0.2, 0.25) is 0 Å². The molecule has 0 radical (unpaired) electrons. The second-order valence-corrected chi connectivity index (χ2v) is 6.48. The van der Waals surface area contributed by atoms with Crippen LogP contribution in [0.5, 0.6) is 5.75 Å². The van der Waals surface area contributed by atoms with Gasteiger partial charge in [0.1, 0.15) is 11.4 Å². The Balaban J connectivity index is 1.78. The van der Waals surface area contributed by atoms with Crippen LogP contribution in [0.3, 0.4) is 0 Å². The molecule has 2 aromatic carbocycles. The quantitative estimate of drug-likeness (QED) is 0.893. The first-order chi connectivity index (χ1) is 11.5. The minimum atomic E-state index is -1.07. The summed E-state index contributed by atoms with van der Waals surface area (Å²) < 4.78 is 5.25. The largest absolute Gasteiger partial charge is 0.497 e. The average molecular weight is 346 g/mol. The van der Waals surface area contributed by atoms with Crippen molar-refractivity contribution in [3.63, 3.8) is 0 Å². The summed E-state index contributed by atoms with van der Waals surface area (Å²) in [7, 11) is 1.63. The number of benzene rings is 2. The summed E-state index contributed by atoms with van der Waals surface area (Å²) >= 11 is 6.05. The summed E-state index contributed by atoms with van der Waals surface area (Å²) in [5, 5.41) is 14.3. The number of fused-ring (bicyclic) bond motifs is 1. The Hall–Kier alpha value is -2.04. The van der Waals surface area contributed by atoms with E-state index in [0.717, 1.165) is 29.7 Å². The van der Waals surface area contributed by atoms with Crippen LogP contribution in [0.2, 0.25) is 5.02 Å². The van der Waals surface area contributed by atoms with Gasteiger partial charge in [0.15, 0.2) is 0 Å². The first-order valence-corrected chi connectivity index (χ1v) is 8.34. The number of aryl methyl sites for hydroxylation is 1. The second-order valence-electron chi connectivity index (χ2n) is 6.07. The molecule has 0 unspecified atom stereocenters. The van der Waals surface area contributed by atoms with E-state index >= 15 is 0 Å². The van der Waals surface area contributed by atoms with Gasteiger partial charge < -0.3 is 15.2 Å². The number of hydrogen-bond acceptors (Lipinski definition) is 3. The van der Waals surface area contributed by atoms with E-state index in [1.54, 1.807) is 31.4 Å². The predicted molar refractivity (Wildman–Crippen MR) is 93.6 cm³/mol. The van der Waals surface area contributed by atoms with Crippen molar-refractivity contribution in [2.45, 2.75) is 24.9 Å². The number of rotatable bonds is 4. The molecule has 0 saturated carbocycles. The van der Waals surface area contributed by atoms with Crippen LogP contribution in [0.15, 0.2) is 42.5 Å². The number of carbonyl (C=O) groups is 1. The smallest absolute Gasteiger partial charge is 0.252 e. The van der Waals surface area contributed by atoms with Crippen molar-refractivity contribution in [3.8, 4) is 5.75 Å². The highest BCUT2D eigenvalue weighted by Crippen LogP contribution is 2.36. The summed E-state index contributed by atoms with van der Waals surface area (Å²) in [6, 6.07) is 12.6. The molecule has 2 N–H and O–H groups in total. The summed E-state index contributed by atoms with van der Waals surface area (Å²) in [5.74, 6) is 0.493. The van der Waals surface area contributed by atoms with E-state index in [2.05, 4.69) is 5.32 Å². The van der Waals surface area contributed by atoms with Crippen LogP contribution in [0.25, 0.3) is 0 Å². The fourth-order valence-corrected chi connectivity index (χ4v) is 3.44. The number of amides is 1. The van der Waals surface area contributed by atoms with Crippen molar-refractivity contribution in [3.05, 3.63) is 64.2 Å². The zero-order chi connectivity index (χ0) is 17.2. The molecule has 1 aliphatic carbocycles. The number of aliphatic hydroxyl groups is 1. The molecule has 0 spiro atoms. The molecule has 4 nitrogen and oxygen atoms in total. The van der Waals surface area contributed by atoms with Crippen LogP contribution in [-0.2, 0) is 12.0 Å². The molecule has 24 heavy (non-hydrogen) atoms. The Kier molecular flexibility index (Phi) is 4.78. The van der Waals surface area contributed by atoms with Gasteiger partial charge in [-0.2, -0.15) is 0 Å². The van der Waals surface area contributed by atoms with Gasteiger partial charge in [-0.05, 0) is 54.7 Å². The third kappa shape index (κ3) is 3.25. The molecule has 3 rings (SSSR count). The van der Waals surface area contributed by atoms with Gasteiger partial charge in [-0.1, -0.05) is 29.8 Å². The molecular weight excluding hydrogens is 326 g/mol. The van der Waals surface area contributed by atoms with Crippen LogP contribution in [0.4, 0.5) is 0 Å². The molecule has 0 fully saturated rings. The van der Waals surface area contributed by atoms with E-state index in [1.165, 1.54) is 0 Å². The molecule has 0 bridgehead atoms. The second kappa shape index (κ2) is 6.83. The van der Waals surface area contributed by atoms with Crippen molar-refractivity contribution in [2.75, 3.05) is 13.7 Å². The lowest BCUT2D eigenvalue weighted by Crippen LogP contribution is -2.43. The Labute approximate surface area is 146 Å². The summed E-state index contributed by atoms with van der Waals surface area (Å²) in [5.41, 5.74) is 1.26. The monoisotopic (exact) mass is 345 g/mol. The van der Waals surface area contributed by atoms with Crippen molar-refractivity contribution in [1.29, 1.82) is 0 Å². The van der Waals surface area contributed by atoms with Crippen LogP contribution < -0.4 is 10.1 Å². The molecule has 0 aliphatic heterocycles. The fraction of sp³-hybridized carbons (Fsp3) is 0.316. The molecule has 0 aromatic heterocycles. The molecule has 0 heterocycles. The van der Waals surface area contributed by atoms with Crippen molar-refractivity contribution in [1.82, 2.24) is 5.32 Å². The highest BCUT2D eigenvalue weighted by Gasteiger charge is 2.35. The highest BCUT2D eigenvalue weighted by molar-refractivity contribution is 6.33. The number of methoxy groups -OCH3 is 1. The van der Waals surface area contributed by atoms with Crippen molar-refractivity contribution >= 4 is 17.5 Å². The molecule has 5 heteroatoms. The molecule has 2 aromatic rings. The topological polar surface area (TPSA) is 58.6 Å². The lowest BCUT2D eigenvalue weighted by Gasteiger charge is -2.35. The van der Waals surface area contributed by atoms with Crippen LogP contribution in [0.1, 0.15) is 34.3 Å². The third-order valence-corrected chi connectivity index (χ3v) is 4.84. The predicted octanol–water partition coefficient (Wildman–Crippen LogP) is 3.30. The van der Waals surface area contributed by atoms with E-state index in [1.807, 2.05) is 18.2 Å². The zero-order valence-corrected chi connectivity index (χ0v) is 14.3. The van der Waals surface area contributed by atoms with Gasteiger partial charge in [-0.3, -0.25) is 4.79 Å². The van der Waals surface area contributed by atoms with Crippen LogP contribution >= 0.6 is 11.6 Å². The Morgan fingerprint density at radius 2 is 2.12 bits per heavy atom. The maximum Gasteiger partial charge on any atom is 0.252 e. The van der Waals surface area contributed by atoms with E-state index < -0.39 is 5.60 Å². The minimum Gasteiger partial charge on any atom is -0.497 e. The van der Waals surface area contributed by atoms with Crippen molar-refractivity contribution in [2.24, 2.45) is 0 Å². The molecular formula is C19H20ClNO3. The van der Waals surface area contributed by atoms with Crippen LogP contribution in [-0.4, -0.2) is 24.7 Å². The molecule has 1 amide bonds. The maximum atomic E-state index is 12.3. The molecule has 1 aliphatic rings. The summed E-state index contributed by atoms with van der Waals surface area (Å²) in [6.07, 6.45) is 2.36. The zero-order valence-electron chi connectivity index (χ0n) is 13.5. The van der Waals surface area contributed by atoms with Gasteiger partial charge in [0, 0.05) is 0 Å². The third-order valence-electron chi connectivity index (χ3n) is 4.51. The van der Waals surface area contributed by atoms with Gasteiger partial charge in [0.05, 0.1) is 24.2 Å². The summed E-state index contributed by atoms with van der Waals surface area (Å²) in [4.78, 5) is 12.3. The standard InChI is InChI=1S/C19H20ClNO3/c1-24-14-8-9-16-13(11-14)5-4-10-19(16,23)12-21-18(22)15-6-2-3-7-17(15)20/h2-3,6-9,11,23H,4-5,10,12H2,1H3,(H,21,22)/t19-/m0/s1. The van der Waals surface area contributed by atoms with Gasteiger partial charge in [-0.15, -0.1) is 0 Å². The number of ether oxygens (including phenoxy) is 1. The van der Waals surface area contributed by atoms with E-state index in [-0.39, 0.29) is 12.5 Å². The first-order valence-electron chi connectivity index (χ1n) is 7.96. The Morgan fingerprint density at radius 3 is 2.88 bits per heavy atom. The molecule has 0 saturated heterocycles. The first kappa shape index (κ1) is 16.8. The molecule has 1 atom stereocenters. The summed E-state index contributed by atoms with van der Waals surface area (Å²) in [6.45, 7) is 0.149. The molecule has 126 valence electrons. The number of nitrogens with one attached hydrogen (secondary N) is 1. The fourth-order valence-electron chi connectivity index (χ4n) is 3.21. The Bertz CT molecular complexity index is 762. The normalized spacial score (nSPS) is 19.5. The van der Waals surface area contributed by atoms with E-state index in [9.17, 15) is 9.90 Å². The van der Waals surface area contributed by atoms with E-state index in [4.69, 9.17) is 16.3 Å². The van der Waals surface area contributed by atoms with E-state index in [0.29, 0.717) is 17.0 Å². The van der Waals surface area contributed by atoms with Crippen molar-refractivity contribution < 1.29 is 14.6 Å². The van der Waals surface area contributed by atoms with Crippen LogP contribution in [0, 0.1) is 0 Å². The SMILES string of the molecule is COc1ccc2c(c1)CCC[C@]2(O)CNC(=O)c1ccccc1Cl. The van der Waals surface area contributed by atoms with Gasteiger partial charge in [0.25, 0.3) is 5.91 Å².